The van der Waals surface area contributed by atoms with Crippen molar-refractivity contribution in [2.75, 3.05) is 13.6 Å². The van der Waals surface area contributed by atoms with Gasteiger partial charge in [0.15, 0.2) is 0 Å². The number of hydrogen-bond acceptors (Lipinski definition) is 1. The van der Waals surface area contributed by atoms with Crippen LogP contribution in [0, 0.1) is 26.7 Å². The standard InChI is InChI=1S/C20H27N/c1-15-8-10-18(11-9-15)12-19(14-21-4)13-20-16(2)6-5-7-17(20)3/h5-11,19,21H,12-14H2,1-4H3. The summed E-state index contributed by atoms with van der Waals surface area (Å²) in [5.74, 6) is 0.637. The molecule has 112 valence electrons. The average Bonchev–Trinajstić information content (AvgIpc) is 2.45. The van der Waals surface area contributed by atoms with Crippen LogP contribution in [0.3, 0.4) is 0 Å². The van der Waals surface area contributed by atoms with Gasteiger partial charge in [-0.1, -0.05) is 48.0 Å². The third kappa shape index (κ3) is 4.44. The summed E-state index contributed by atoms with van der Waals surface area (Å²) >= 11 is 0. The fraction of sp³-hybridized carbons (Fsp3) is 0.400. The Balaban J connectivity index is 2.13. The van der Waals surface area contributed by atoms with E-state index in [0.29, 0.717) is 5.92 Å². The Morgan fingerprint density at radius 2 is 1.48 bits per heavy atom. The van der Waals surface area contributed by atoms with E-state index in [1.807, 2.05) is 7.05 Å². The van der Waals surface area contributed by atoms with Crippen molar-refractivity contribution in [3.8, 4) is 0 Å². The Kier molecular flexibility index (Phi) is 5.58. The number of hydrogen-bond donors (Lipinski definition) is 1. The maximum absolute atomic E-state index is 3.36. The summed E-state index contributed by atoms with van der Waals surface area (Å²) in [4.78, 5) is 0. The van der Waals surface area contributed by atoms with Crippen molar-refractivity contribution in [3.63, 3.8) is 0 Å². The van der Waals surface area contributed by atoms with Crippen LogP contribution in [-0.2, 0) is 12.8 Å². The zero-order valence-corrected chi connectivity index (χ0v) is 13.7. The van der Waals surface area contributed by atoms with E-state index in [-0.39, 0.29) is 0 Å². The Hall–Kier alpha value is -1.60. The summed E-state index contributed by atoms with van der Waals surface area (Å²) in [6.45, 7) is 7.66. The van der Waals surface area contributed by atoms with E-state index in [0.717, 1.165) is 19.4 Å². The zero-order chi connectivity index (χ0) is 15.2. The molecule has 1 N–H and O–H groups in total. The van der Waals surface area contributed by atoms with Crippen molar-refractivity contribution in [1.82, 2.24) is 5.32 Å². The fourth-order valence-electron chi connectivity index (χ4n) is 3.02. The van der Waals surface area contributed by atoms with Crippen LogP contribution >= 0.6 is 0 Å². The first-order valence-electron chi connectivity index (χ1n) is 7.85. The highest BCUT2D eigenvalue weighted by Gasteiger charge is 2.13. The molecule has 0 radical (unpaired) electrons. The highest BCUT2D eigenvalue weighted by Crippen LogP contribution is 2.20. The van der Waals surface area contributed by atoms with Crippen molar-refractivity contribution < 1.29 is 0 Å². The Bertz CT molecular complexity index is 549. The lowest BCUT2D eigenvalue weighted by Gasteiger charge is -2.19. The monoisotopic (exact) mass is 281 g/mol. The van der Waals surface area contributed by atoms with Crippen LogP contribution in [0.2, 0.25) is 0 Å². The molecule has 0 aliphatic rings. The Morgan fingerprint density at radius 1 is 0.857 bits per heavy atom. The normalized spacial score (nSPS) is 12.4. The Labute approximate surface area is 129 Å². The van der Waals surface area contributed by atoms with E-state index in [4.69, 9.17) is 0 Å². The van der Waals surface area contributed by atoms with E-state index < -0.39 is 0 Å². The summed E-state index contributed by atoms with van der Waals surface area (Å²) in [7, 11) is 2.05. The highest BCUT2D eigenvalue weighted by molar-refractivity contribution is 5.34. The van der Waals surface area contributed by atoms with Gasteiger partial charge in [-0.05, 0) is 75.4 Å². The predicted octanol–water partition coefficient (Wildman–Crippen LogP) is 4.23. The molecule has 0 fully saturated rings. The van der Waals surface area contributed by atoms with Crippen LogP contribution in [0.4, 0.5) is 0 Å². The minimum absolute atomic E-state index is 0.637. The molecule has 0 aliphatic heterocycles. The first kappa shape index (κ1) is 15.8. The minimum Gasteiger partial charge on any atom is -0.319 e. The van der Waals surface area contributed by atoms with E-state index in [1.54, 1.807) is 0 Å². The van der Waals surface area contributed by atoms with Gasteiger partial charge < -0.3 is 5.32 Å². The third-order valence-electron chi connectivity index (χ3n) is 4.28. The first-order chi connectivity index (χ1) is 10.1. The smallest absolute Gasteiger partial charge is 0.00172 e. The van der Waals surface area contributed by atoms with Crippen molar-refractivity contribution in [2.24, 2.45) is 5.92 Å². The summed E-state index contributed by atoms with van der Waals surface area (Å²) < 4.78 is 0. The molecule has 0 amide bonds. The maximum Gasteiger partial charge on any atom is -0.00172 e. The molecule has 0 spiro atoms. The SMILES string of the molecule is CNCC(Cc1ccc(C)cc1)Cc1c(C)cccc1C. The topological polar surface area (TPSA) is 12.0 Å². The number of nitrogens with one attached hydrogen (secondary N) is 1. The molecular weight excluding hydrogens is 254 g/mol. The van der Waals surface area contributed by atoms with Gasteiger partial charge >= 0.3 is 0 Å². The predicted molar refractivity (Wildman–Crippen MR) is 91.9 cm³/mol. The van der Waals surface area contributed by atoms with Gasteiger partial charge in [0, 0.05) is 0 Å². The van der Waals surface area contributed by atoms with E-state index in [9.17, 15) is 0 Å². The van der Waals surface area contributed by atoms with Gasteiger partial charge in [0.1, 0.15) is 0 Å². The first-order valence-corrected chi connectivity index (χ1v) is 7.85. The van der Waals surface area contributed by atoms with Gasteiger partial charge in [0.05, 0.1) is 0 Å². The average molecular weight is 281 g/mol. The van der Waals surface area contributed by atoms with Crippen LogP contribution < -0.4 is 5.32 Å². The molecule has 0 aliphatic carbocycles. The van der Waals surface area contributed by atoms with Gasteiger partial charge in [-0.15, -0.1) is 0 Å². The summed E-state index contributed by atoms with van der Waals surface area (Å²) in [6, 6.07) is 15.6. The van der Waals surface area contributed by atoms with Crippen molar-refractivity contribution in [1.29, 1.82) is 0 Å². The summed E-state index contributed by atoms with van der Waals surface area (Å²) in [6.07, 6.45) is 2.28. The van der Waals surface area contributed by atoms with E-state index in [1.165, 1.54) is 27.8 Å². The molecule has 21 heavy (non-hydrogen) atoms. The molecule has 0 saturated carbocycles. The zero-order valence-electron chi connectivity index (χ0n) is 13.7. The van der Waals surface area contributed by atoms with Gasteiger partial charge in [-0.25, -0.2) is 0 Å². The largest absolute Gasteiger partial charge is 0.319 e. The molecule has 1 heteroatoms. The van der Waals surface area contributed by atoms with Crippen LogP contribution in [0.25, 0.3) is 0 Å². The molecule has 1 unspecified atom stereocenters. The third-order valence-corrected chi connectivity index (χ3v) is 4.28. The molecule has 1 atom stereocenters. The quantitative estimate of drug-likeness (QED) is 0.835. The second-order valence-corrected chi connectivity index (χ2v) is 6.19. The molecule has 0 aromatic heterocycles. The van der Waals surface area contributed by atoms with Crippen molar-refractivity contribution >= 4 is 0 Å². The van der Waals surface area contributed by atoms with Gasteiger partial charge in [0.25, 0.3) is 0 Å². The molecule has 2 aromatic rings. The summed E-state index contributed by atoms with van der Waals surface area (Å²) in [5, 5.41) is 3.36. The van der Waals surface area contributed by atoms with E-state index >= 15 is 0 Å². The number of rotatable bonds is 6. The second-order valence-electron chi connectivity index (χ2n) is 6.19. The summed E-state index contributed by atoms with van der Waals surface area (Å²) in [5.41, 5.74) is 7.12. The van der Waals surface area contributed by atoms with Crippen LogP contribution in [0.1, 0.15) is 27.8 Å². The number of benzene rings is 2. The molecule has 0 saturated heterocycles. The fourth-order valence-corrected chi connectivity index (χ4v) is 3.02. The number of aryl methyl sites for hydroxylation is 3. The van der Waals surface area contributed by atoms with Crippen LogP contribution in [0.5, 0.6) is 0 Å². The van der Waals surface area contributed by atoms with E-state index in [2.05, 4.69) is 68.6 Å². The lowest BCUT2D eigenvalue weighted by molar-refractivity contribution is 0.491. The molecule has 0 bridgehead atoms. The highest BCUT2D eigenvalue weighted by atomic mass is 14.8. The molecule has 2 rings (SSSR count). The van der Waals surface area contributed by atoms with Gasteiger partial charge in [-0.3, -0.25) is 0 Å². The van der Waals surface area contributed by atoms with Crippen LogP contribution in [-0.4, -0.2) is 13.6 Å². The van der Waals surface area contributed by atoms with Gasteiger partial charge in [0.2, 0.25) is 0 Å². The Morgan fingerprint density at radius 3 is 2.05 bits per heavy atom. The second kappa shape index (κ2) is 7.42. The molecule has 2 aromatic carbocycles. The van der Waals surface area contributed by atoms with Crippen molar-refractivity contribution in [2.45, 2.75) is 33.6 Å². The maximum atomic E-state index is 3.36. The lowest BCUT2D eigenvalue weighted by Crippen LogP contribution is -2.23. The minimum atomic E-state index is 0.637. The molecule has 0 heterocycles. The van der Waals surface area contributed by atoms with Crippen LogP contribution in [0.15, 0.2) is 42.5 Å². The molecular formula is C20H27N. The van der Waals surface area contributed by atoms with Crippen molar-refractivity contribution in [3.05, 3.63) is 70.3 Å². The van der Waals surface area contributed by atoms with Gasteiger partial charge in [-0.2, -0.15) is 0 Å². The lowest BCUT2D eigenvalue weighted by atomic mass is 9.88. The molecule has 1 nitrogen and oxygen atoms in total.